The third kappa shape index (κ3) is 9.77. The van der Waals surface area contributed by atoms with E-state index in [9.17, 15) is 0 Å². The molecule has 0 amide bonds. The van der Waals surface area contributed by atoms with Crippen LogP contribution in [0.25, 0.3) is 0 Å². The summed E-state index contributed by atoms with van der Waals surface area (Å²) in [5.41, 5.74) is 5.90. The lowest BCUT2D eigenvalue weighted by Gasteiger charge is -2.26. The van der Waals surface area contributed by atoms with Crippen LogP contribution in [0.2, 0.25) is 0 Å². The summed E-state index contributed by atoms with van der Waals surface area (Å²) in [5, 5.41) is 0. The van der Waals surface area contributed by atoms with Crippen molar-refractivity contribution < 1.29 is 4.74 Å². The highest BCUT2D eigenvalue weighted by atomic mass is 16.5. The zero-order valence-corrected chi connectivity index (χ0v) is 13.7. The van der Waals surface area contributed by atoms with Crippen LogP contribution in [0, 0.1) is 0 Å². The number of ether oxygens (including phenoxy) is 1. The minimum absolute atomic E-state index is 0.437. The number of rotatable bonds is 12. The van der Waals surface area contributed by atoms with Gasteiger partial charge in [-0.2, -0.15) is 0 Å². The van der Waals surface area contributed by atoms with E-state index in [4.69, 9.17) is 10.5 Å². The molecule has 0 spiro atoms. The van der Waals surface area contributed by atoms with Crippen LogP contribution >= 0.6 is 0 Å². The number of unbranched alkanes of at least 4 members (excludes halogenated alkanes) is 9. The lowest BCUT2D eigenvalue weighted by atomic mass is 9.94. The molecule has 0 aromatic heterocycles. The van der Waals surface area contributed by atoms with E-state index < -0.39 is 0 Å². The molecular formula is C18H37NO. The maximum atomic E-state index is 5.95. The predicted molar refractivity (Wildman–Crippen MR) is 88.0 cm³/mol. The maximum absolute atomic E-state index is 5.95. The van der Waals surface area contributed by atoms with Crippen molar-refractivity contribution in [1.29, 1.82) is 0 Å². The molecule has 20 heavy (non-hydrogen) atoms. The molecule has 1 saturated carbocycles. The SMILES string of the molecule is CCCCCCCCCCCCOC1CCC(N)CC1. The molecule has 0 unspecified atom stereocenters. The van der Waals surface area contributed by atoms with Crippen LogP contribution in [0.15, 0.2) is 0 Å². The number of hydrogen-bond acceptors (Lipinski definition) is 2. The van der Waals surface area contributed by atoms with Gasteiger partial charge in [-0.25, -0.2) is 0 Å². The van der Waals surface area contributed by atoms with Gasteiger partial charge in [-0.3, -0.25) is 0 Å². The molecule has 1 aliphatic rings. The van der Waals surface area contributed by atoms with E-state index in [-0.39, 0.29) is 0 Å². The van der Waals surface area contributed by atoms with Crippen LogP contribution in [0.3, 0.4) is 0 Å². The molecule has 0 aliphatic heterocycles. The van der Waals surface area contributed by atoms with E-state index in [1.807, 2.05) is 0 Å². The van der Waals surface area contributed by atoms with Crippen LogP contribution in [-0.2, 0) is 4.74 Å². The summed E-state index contributed by atoms with van der Waals surface area (Å²) in [7, 11) is 0. The zero-order valence-electron chi connectivity index (χ0n) is 13.7. The Morgan fingerprint density at radius 2 is 1.25 bits per heavy atom. The first-order valence-electron chi connectivity index (χ1n) is 9.20. The fraction of sp³-hybridized carbons (Fsp3) is 1.00. The van der Waals surface area contributed by atoms with Crippen molar-refractivity contribution in [2.45, 2.75) is 109 Å². The van der Waals surface area contributed by atoms with Gasteiger partial charge in [-0.15, -0.1) is 0 Å². The third-order valence-electron chi connectivity index (χ3n) is 4.57. The van der Waals surface area contributed by atoms with Gasteiger partial charge in [-0.05, 0) is 32.1 Å². The summed E-state index contributed by atoms with van der Waals surface area (Å²) in [6, 6.07) is 0.437. The molecule has 120 valence electrons. The molecule has 0 bridgehead atoms. The van der Waals surface area contributed by atoms with E-state index in [0.717, 1.165) is 19.4 Å². The fourth-order valence-electron chi connectivity index (χ4n) is 3.09. The van der Waals surface area contributed by atoms with Crippen molar-refractivity contribution in [3.8, 4) is 0 Å². The largest absolute Gasteiger partial charge is 0.378 e. The van der Waals surface area contributed by atoms with E-state index >= 15 is 0 Å². The summed E-state index contributed by atoms with van der Waals surface area (Å²) in [6.07, 6.45) is 19.1. The summed E-state index contributed by atoms with van der Waals surface area (Å²) >= 11 is 0. The van der Waals surface area contributed by atoms with E-state index in [1.54, 1.807) is 0 Å². The van der Waals surface area contributed by atoms with E-state index in [0.29, 0.717) is 12.1 Å². The molecule has 1 fully saturated rings. The standard InChI is InChI=1S/C18H37NO/c1-2-3-4-5-6-7-8-9-10-11-16-20-18-14-12-17(19)13-15-18/h17-18H,2-16,19H2,1H3. The van der Waals surface area contributed by atoms with E-state index in [1.165, 1.54) is 77.0 Å². The smallest absolute Gasteiger partial charge is 0.0576 e. The van der Waals surface area contributed by atoms with Gasteiger partial charge in [0.05, 0.1) is 6.10 Å². The molecule has 2 N–H and O–H groups in total. The Labute approximate surface area is 126 Å². The van der Waals surface area contributed by atoms with Crippen molar-refractivity contribution in [3.05, 3.63) is 0 Å². The van der Waals surface area contributed by atoms with Gasteiger partial charge in [-0.1, -0.05) is 64.7 Å². The average molecular weight is 284 g/mol. The second-order valence-electron chi connectivity index (χ2n) is 6.59. The van der Waals surface area contributed by atoms with Crippen LogP contribution in [-0.4, -0.2) is 18.8 Å². The molecule has 1 aliphatic carbocycles. The Bertz CT molecular complexity index is 200. The van der Waals surface area contributed by atoms with Gasteiger partial charge in [0, 0.05) is 12.6 Å². The van der Waals surface area contributed by atoms with Crippen LogP contribution < -0.4 is 5.73 Å². The zero-order chi connectivity index (χ0) is 14.5. The maximum Gasteiger partial charge on any atom is 0.0576 e. The number of nitrogens with two attached hydrogens (primary N) is 1. The Hall–Kier alpha value is -0.0800. The van der Waals surface area contributed by atoms with Crippen LogP contribution in [0.4, 0.5) is 0 Å². The highest BCUT2D eigenvalue weighted by molar-refractivity contribution is 4.74. The first-order chi connectivity index (χ1) is 9.83. The van der Waals surface area contributed by atoms with Crippen molar-refractivity contribution >= 4 is 0 Å². The lowest BCUT2D eigenvalue weighted by molar-refractivity contribution is 0.0231. The second-order valence-corrected chi connectivity index (χ2v) is 6.59. The highest BCUT2D eigenvalue weighted by Crippen LogP contribution is 2.20. The highest BCUT2D eigenvalue weighted by Gasteiger charge is 2.18. The average Bonchev–Trinajstić information content (AvgIpc) is 2.47. The van der Waals surface area contributed by atoms with Crippen molar-refractivity contribution in [3.63, 3.8) is 0 Å². The van der Waals surface area contributed by atoms with Crippen molar-refractivity contribution in [2.24, 2.45) is 5.73 Å². The second kappa shape index (κ2) is 12.6. The first-order valence-corrected chi connectivity index (χ1v) is 9.20. The molecule has 0 aromatic carbocycles. The van der Waals surface area contributed by atoms with Crippen LogP contribution in [0.1, 0.15) is 96.8 Å². The summed E-state index contributed by atoms with van der Waals surface area (Å²) in [4.78, 5) is 0. The number of hydrogen-bond donors (Lipinski definition) is 1. The molecule has 2 heteroatoms. The van der Waals surface area contributed by atoms with Gasteiger partial charge in [0.25, 0.3) is 0 Å². The summed E-state index contributed by atoms with van der Waals surface area (Å²) in [6.45, 7) is 3.25. The molecule has 0 radical (unpaired) electrons. The Morgan fingerprint density at radius 1 is 0.750 bits per heavy atom. The van der Waals surface area contributed by atoms with Crippen molar-refractivity contribution in [2.75, 3.05) is 6.61 Å². The van der Waals surface area contributed by atoms with E-state index in [2.05, 4.69) is 6.92 Å². The predicted octanol–water partition coefficient (Wildman–Crippen LogP) is 5.19. The minimum Gasteiger partial charge on any atom is -0.378 e. The van der Waals surface area contributed by atoms with Crippen molar-refractivity contribution in [1.82, 2.24) is 0 Å². The third-order valence-corrected chi connectivity index (χ3v) is 4.57. The molecule has 0 heterocycles. The van der Waals surface area contributed by atoms with Gasteiger partial charge in [0.2, 0.25) is 0 Å². The topological polar surface area (TPSA) is 35.2 Å². The monoisotopic (exact) mass is 283 g/mol. The van der Waals surface area contributed by atoms with Gasteiger partial charge < -0.3 is 10.5 Å². The van der Waals surface area contributed by atoms with Gasteiger partial charge >= 0.3 is 0 Å². The molecule has 0 saturated heterocycles. The van der Waals surface area contributed by atoms with Gasteiger partial charge in [0.15, 0.2) is 0 Å². The Morgan fingerprint density at radius 3 is 1.80 bits per heavy atom. The van der Waals surface area contributed by atoms with Gasteiger partial charge in [0.1, 0.15) is 0 Å². The first kappa shape index (κ1) is 18.0. The molecule has 0 aromatic rings. The normalized spacial score (nSPS) is 23.1. The quantitative estimate of drug-likeness (QED) is 0.500. The lowest BCUT2D eigenvalue weighted by Crippen LogP contribution is -2.30. The summed E-state index contributed by atoms with van der Waals surface area (Å²) < 4.78 is 5.95. The Kier molecular flexibility index (Phi) is 11.4. The van der Waals surface area contributed by atoms with Crippen LogP contribution in [0.5, 0.6) is 0 Å². The fourth-order valence-corrected chi connectivity index (χ4v) is 3.09. The molecule has 0 atom stereocenters. The molecular weight excluding hydrogens is 246 g/mol. The molecule has 1 rings (SSSR count). The summed E-state index contributed by atoms with van der Waals surface area (Å²) in [5.74, 6) is 0. The minimum atomic E-state index is 0.437. The molecule has 2 nitrogen and oxygen atoms in total. The Balaban J connectivity index is 1.74.